The molecule has 0 radical (unpaired) electrons. The fourth-order valence-electron chi connectivity index (χ4n) is 2.47. The van der Waals surface area contributed by atoms with E-state index < -0.39 is 11.6 Å². The Morgan fingerprint density at radius 2 is 1.75 bits per heavy atom. The third-order valence-electron chi connectivity index (χ3n) is 3.59. The molecule has 6 nitrogen and oxygen atoms in total. The van der Waals surface area contributed by atoms with Crippen LogP contribution in [0.3, 0.4) is 0 Å². The third-order valence-corrected chi connectivity index (χ3v) is 3.59. The highest BCUT2D eigenvalue weighted by atomic mass is 16.6. The predicted molar refractivity (Wildman–Crippen MR) is 113 cm³/mol. The number of rotatable bonds is 2. The Morgan fingerprint density at radius 1 is 1.14 bits per heavy atom. The number of esters is 1. The molecule has 0 bridgehead atoms. The van der Waals surface area contributed by atoms with Crippen molar-refractivity contribution >= 4 is 17.6 Å². The maximum atomic E-state index is 12.1. The topological polar surface area (TPSA) is 68.7 Å². The summed E-state index contributed by atoms with van der Waals surface area (Å²) in [6, 6.07) is 1.77. The van der Waals surface area contributed by atoms with Gasteiger partial charge in [-0.05, 0) is 51.3 Å². The molecule has 0 fully saturated rings. The van der Waals surface area contributed by atoms with E-state index >= 15 is 0 Å². The van der Waals surface area contributed by atoms with E-state index in [-0.39, 0.29) is 6.09 Å². The van der Waals surface area contributed by atoms with E-state index in [4.69, 9.17) is 9.47 Å². The van der Waals surface area contributed by atoms with Crippen molar-refractivity contribution < 1.29 is 19.1 Å². The number of pyridine rings is 1. The SMILES string of the molecule is CC.CC.COC(=O)c1cc(C)cnc1C1=CCN(C(=O)OC(C)(C)C)CC1. The van der Waals surface area contributed by atoms with Crippen molar-refractivity contribution in [1.82, 2.24) is 9.88 Å². The van der Waals surface area contributed by atoms with Crippen molar-refractivity contribution in [2.45, 2.75) is 67.4 Å². The van der Waals surface area contributed by atoms with Crippen molar-refractivity contribution in [2.24, 2.45) is 0 Å². The molecule has 1 aliphatic heterocycles. The average Bonchev–Trinajstić information content (AvgIpc) is 2.69. The number of amides is 1. The number of carbonyl (C=O) groups excluding carboxylic acids is 2. The molecule has 0 aliphatic carbocycles. The number of aryl methyl sites for hydroxylation is 1. The molecule has 1 aromatic rings. The van der Waals surface area contributed by atoms with E-state index in [1.165, 1.54) is 7.11 Å². The van der Waals surface area contributed by atoms with E-state index in [1.54, 1.807) is 17.2 Å². The predicted octanol–water partition coefficient (Wildman–Crippen LogP) is 5.25. The quantitative estimate of drug-likeness (QED) is 0.643. The molecule has 0 aromatic carbocycles. The highest BCUT2D eigenvalue weighted by molar-refractivity contribution is 5.94. The van der Waals surface area contributed by atoms with E-state index in [0.29, 0.717) is 30.8 Å². The number of aromatic nitrogens is 1. The van der Waals surface area contributed by atoms with Crippen LogP contribution in [0.1, 0.15) is 76.5 Å². The first-order valence-corrected chi connectivity index (χ1v) is 9.93. The van der Waals surface area contributed by atoms with Gasteiger partial charge in [-0.1, -0.05) is 33.8 Å². The van der Waals surface area contributed by atoms with Crippen LogP contribution in [0.4, 0.5) is 4.79 Å². The van der Waals surface area contributed by atoms with Gasteiger partial charge in [0, 0.05) is 19.3 Å². The summed E-state index contributed by atoms with van der Waals surface area (Å²) in [7, 11) is 1.36. The zero-order valence-electron chi connectivity index (χ0n) is 18.9. The van der Waals surface area contributed by atoms with Gasteiger partial charge in [0.2, 0.25) is 0 Å². The van der Waals surface area contributed by atoms with Gasteiger partial charge in [0.25, 0.3) is 0 Å². The van der Waals surface area contributed by atoms with Gasteiger partial charge >= 0.3 is 12.1 Å². The van der Waals surface area contributed by atoms with Crippen LogP contribution >= 0.6 is 0 Å². The molecule has 1 amide bonds. The van der Waals surface area contributed by atoms with Crippen LogP contribution < -0.4 is 0 Å². The van der Waals surface area contributed by atoms with Crippen molar-refractivity contribution in [3.8, 4) is 0 Å². The zero-order valence-corrected chi connectivity index (χ0v) is 18.9. The number of carbonyl (C=O) groups is 2. The molecule has 0 atom stereocenters. The molecule has 0 spiro atoms. The lowest BCUT2D eigenvalue weighted by atomic mass is 9.99. The van der Waals surface area contributed by atoms with Crippen LogP contribution in [0, 0.1) is 6.92 Å². The summed E-state index contributed by atoms with van der Waals surface area (Å²) in [6.45, 7) is 16.4. The lowest BCUT2D eigenvalue weighted by Gasteiger charge is -2.29. The monoisotopic (exact) mass is 392 g/mol. The Morgan fingerprint density at radius 3 is 2.21 bits per heavy atom. The molecule has 2 heterocycles. The maximum absolute atomic E-state index is 12.1. The molecular weight excluding hydrogens is 356 g/mol. The lowest BCUT2D eigenvalue weighted by molar-refractivity contribution is 0.0270. The number of hydrogen-bond acceptors (Lipinski definition) is 5. The second-order valence-corrected chi connectivity index (χ2v) is 6.81. The molecule has 0 saturated heterocycles. The maximum Gasteiger partial charge on any atom is 0.410 e. The molecule has 0 unspecified atom stereocenters. The number of ether oxygens (including phenoxy) is 2. The van der Waals surface area contributed by atoms with Gasteiger partial charge in [-0.2, -0.15) is 0 Å². The molecule has 6 heteroatoms. The van der Waals surface area contributed by atoms with E-state index in [1.807, 2.05) is 61.5 Å². The Labute approximate surface area is 169 Å². The molecule has 0 N–H and O–H groups in total. The molecule has 158 valence electrons. The van der Waals surface area contributed by atoms with Crippen LogP contribution in [0.15, 0.2) is 18.3 Å². The van der Waals surface area contributed by atoms with Crippen molar-refractivity contribution in [3.63, 3.8) is 0 Å². The molecule has 1 aromatic heterocycles. The van der Waals surface area contributed by atoms with Crippen LogP contribution in [-0.2, 0) is 9.47 Å². The van der Waals surface area contributed by atoms with Gasteiger partial charge in [-0.3, -0.25) is 4.98 Å². The molecule has 0 saturated carbocycles. The van der Waals surface area contributed by atoms with Gasteiger partial charge in [-0.25, -0.2) is 9.59 Å². The van der Waals surface area contributed by atoms with Crippen LogP contribution in [0.2, 0.25) is 0 Å². The largest absolute Gasteiger partial charge is 0.465 e. The summed E-state index contributed by atoms with van der Waals surface area (Å²) in [4.78, 5) is 30.1. The van der Waals surface area contributed by atoms with Gasteiger partial charge < -0.3 is 14.4 Å². The fraction of sp³-hybridized carbons (Fsp3) is 0.591. The van der Waals surface area contributed by atoms with Crippen LogP contribution in [-0.4, -0.2) is 47.7 Å². The van der Waals surface area contributed by atoms with Crippen LogP contribution in [0.5, 0.6) is 0 Å². The van der Waals surface area contributed by atoms with Crippen molar-refractivity contribution in [1.29, 1.82) is 0 Å². The van der Waals surface area contributed by atoms with E-state index in [0.717, 1.165) is 11.1 Å². The summed E-state index contributed by atoms with van der Waals surface area (Å²) in [6.07, 6.45) is 3.92. The molecular formula is C22H36N2O4. The minimum Gasteiger partial charge on any atom is -0.465 e. The van der Waals surface area contributed by atoms with Gasteiger partial charge in [0.1, 0.15) is 5.60 Å². The first-order chi connectivity index (χ1) is 13.2. The summed E-state index contributed by atoms with van der Waals surface area (Å²) in [5.74, 6) is -0.406. The molecule has 2 rings (SSSR count). The Balaban J connectivity index is 0.00000171. The van der Waals surface area contributed by atoms with Gasteiger partial charge in [0.15, 0.2) is 0 Å². The Kier molecular flexibility index (Phi) is 11.1. The van der Waals surface area contributed by atoms with Gasteiger partial charge in [-0.15, -0.1) is 0 Å². The first-order valence-electron chi connectivity index (χ1n) is 9.93. The minimum atomic E-state index is -0.516. The van der Waals surface area contributed by atoms with E-state index in [9.17, 15) is 9.59 Å². The highest BCUT2D eigenvalue weighted by Gasteiger charge is 2.25. The molecule has 28 heavy (non-hydrogen) atoms. The van der Waals surface area contributed by atoms with E-state index in [2.05, 4.69) is 4.98 Å². The second-order valence-electron chi connectivity index (χ2n) is 6.81. The molecule has 1 aliphatic rings. The number of nitrogens with zero attached hydrogens (tertiary/aromatic N) is 2. The number of hydrogen-bond donors (Lipinski definition) is 0. The lowest BCUT2D eigenvalue weighted by Crippen LogP contribution is -2.39. The summed E-state index contributed by atoms with van der Waals surface area (Å²) < 4.78 is 10.2. The third kappa shape index (κ3) is 7.71. The zero-order chi connectivity index (χ0) is 21.9. The standard InChI is InChI=1S/C18H24N2O4.2C2H6/c1-12-10-14(16(21)23-5)15(19-11-12)13-6-8-20(9-7-13)17(22)24-18(2,3)4;2*1-2/h6,10-11H,7-9H2,1-5H3;2*1-2H3. The minimum absolute atomic E-state index is 0.331. The van der Waals surface area contributed by atoms with Gasteiger partial charge in [0.05, 0.1) is 18.4 Å². The smallest absolute Gasteiger partial charge is 0.410 e. The summed E-state index contributed by atoms with van der Waals surface area (Å²) in [5, 5.41) is 0. The first kappa shape index (κ1) is 25.6. The van der Waals surface area contributed by atoms with Crippen LogP contribution in [0.25, 0.3) is 5.57 Å². The Bertz CT molecular complexity index is 676. The highest BCUT2D eigenvalue weighted by Crippen LogP contribution is 2.25. The van der Waals surface area contributed by atoms with Crippen molar-refractivity contribution in [3.05, 3.63) is 35.2 Å². The fourth-order valence-corrected chi connectivity index (χ4v) is 2.47. The normalized spacial score (nSPS) is 13.2. The Hall–Kier alpha value is -2.37. The summed E-state index contributed by atoms with van der Waals surface area (Å²) >= 11 is 0. The summed E-state index contributed by atoms with van der Waals surface area (Å²) in [5.41, 5.74) is 2.39. The second kappa shape index (κ2) is 12.2. The van der Waals surface area contributed by atoms with Crippen molar-refractivity contribution in [2.75, 3.05) is 20.2 Å². The average molecular weight is 393 g/mol. The number of methoxy groups -OCH3 is 1.